The average Bonchev–Trinajstić information content (AvgIpc) is 3.25. The zero-order valence-electron chi connectivity index (χ0n) is 20.0. The first-order valence-corrected chi connectivity index (χ1v) is 14.0. The first-order chi connectivity index (χ1) is 16.6. The topological polar surface area (TPSA) is 95.6 Å². The lowest BCUT2D eigenvalue weighted by Gasteiger charge is -2.21. The van der Waals surface area contributed by atoms with Crippen LogP contribution in [-0.4, -0.2) is 50.7 Å². The third kappa shape index (κ3) is 7.04. The van der Waals surface area contributed by atoms with E-state index in [1.807, 2.05) is 44.2 Å². The summed E-state index contributed by atoms with van der Waals surface area (Å²) in [5, 5.41) is 6.85. The lowest BCUT2D eigenvalue weighted by molar-refractivity contribution is -0.123. The van der Waals surface area contributed by atoms with Crippen LogP contribution in [0.5, 0.6) is 0 Å². The van der Waals surface area contributed by atoms with E-state index < -0.39 is 16.1 Å². The van der Waals surface area contributed by atoms with Gasteiger partial charge in [-0.15, -0.1) is 11.3 Å². The van der Waals surface area contributed by atoms with E-state index in [1.54, 1.807) is 12.1 Å². The molecule has 0 aliphatic carbocycles. The van der Waals surface area contributed by atoms with Gasteiger partial charge in [-0.25, -0.2) is 12.7 Å². The number of carbonyl (C=O) groups excluding carboxylic acids is 2. The number of hydrogen-bond acceptors (Lipinski definition) is 5. The molecular formula is C25H30ClN3O4S2. The molecule has 188 valence electrons. The molecule has 1 aromatic heterocycles. The van der Waals surface area contributed by atoms with Crippen LogP contribution < -0.4 is 10.6 Å². The molecule has 1 heterocycles. The number of carbonyl (C=O) groups is 2. The van der Waals surface area contributed by atoms with Crippen LogP contribution in [0.2, 0.25) is 5.02 Å². The molecule has 10 heteroatoms. The van der Waals surface area contributed by atoms with E-state index >= 15 is 0 Å². The van der Waals surface area contributed by atoms with E-state index in [4.69, 9.17) is 11.6 Å². The van der Waals surface area contributed by atoms with Crippen molar-refractivity contribution in [2.75, 3.05) is 20.1 Å². The highest BCUT2D eigenvalue weighted by molar-refractivity contribution is 7.89. The fourth-order valence-corrected chi connectivity index (χ4v) is 6.27. The molecule has 0 unspecified atom stereocenters. The molecule has 0 spiro atoms. The molecule has 0 fully saturated rings. The van der Waals surface area contributed by atoms with E-state index in [2.05, 4.69) is 10.6 Å². The highest BCUT2D eigenvalue weighted by atomic mass is 35.5. The van der Waals surface area contributed by atoms with Crippen molar-refractivity contribution in [1.82, 2.24) is 14.9 Å². The summed E-state index contributed by atoms with van der Waals surface area (Å²) in [6.07, 6.45) is 0.897. The number of rotatable bonds is 11. The predicted octanol–water partition coefficient (Wildman–Crippen LogP) is 4.53. The highest BCUT2D eigenvalue weighted by Gasteiger charge is 2.25. The third-order valence-electron chi connectivity index (χ3n) is 5.45. The van der Waals surface area contributed by atoms with Gasteiger partial charge in [-0.2, -0.15) is 0 Å². The Kier molecular flexibility index (Phi) is 9.29. The number of amides is 2. The highest BCUT2D eigenvalue weighted by Crippen LogP contribution is 2.25. The zero-order chi connectivity index (χ0) is 25.6. The molecule has 0 saturated heterocycles. The van der Waals surface area contributed by atoms with Crippen LogP contribution in [0, 0.1) is 5.92 Å². The lowest BCUT2D eigenvalue weighted by Crippen LogP contribution is -2.47. The summed E-state index contributed by atoms with van der Waals surface area (Å²) in [5.74, 6) is -0.373. The molecule has 35 heavy (non-hydrogen) atoms. The van der Waals surface area contributed by atoms with Crippen LogP contribution in [0.15, 0.2) is 59.5 Å². The minimum atomic E-state index is -3.73. The second-order valence-corrected chi connectivity index (χ2v) is 12.2. The van der Waals surface area contributed by atoms with Crippen molar-refractivity contribution < 1.29 is 18.0 Å². The van der Waals surface area contributed by atoms with Gasteiger partial charge in [-0.3, -0.25) is 9.59 Å². The van der Waals surface area contributed by atoms with Gasteiger partial charge in [0.2, 0.25) is 15.9 Å². The van der Waals surface area contributed by atoms with E-state index in [9.17, 15) is 18.0 Å². The van der Waals surface area contributed by atoms with E-state index in [-0.39, 0.29) is 40.7 Å². The summed E-state index contributed by atoms with van der Waals surface area (Å²) >= 11 is 7.43. The van der Waals surface area contributed by atoms with Gasteiger partial charge in [0.05, 0.1) is 9.90 Å². The SMILES string of the molecule is CC(C)C[C@H](NC(=O)c1cc2ccccc2s1)C(=O)NCCCN(C)S(=O)(=O)c1ccccc1Cl. The van der Waals surface area contributed by atoms with Crippen molar-refractivity contribution in [3.63, 3.8) is 0 Å². The molecule has 2 amide bonds. The first kappa shape index (κ1) is 27.1. The first-order valence-electron chi connectivity index (χ1n) is 11.4. The Labute approximate surface area is 215 Å². The monoisotopic (exact) mass is 535 g/mol. The van der Waals surface area contributed by atoms with Gasteiger partial charge in [0, 0.05) is 24.8 Å². The second-order valence-electron chi connectivity index (χ2n) is 8.71. The van der Waals surface area contributed by atoms with Crippen molar-refractivity contribution in [2.45, 2.75) is 37.6 Å². The van der Waals surface area contributed by atoms with Crippen LogP contribution in [0.25, 0.3) is 10.1 Å². The Balaban J connectivity index is 1.55. The number of thiophene rings is 1. The summed E-state index contributed by atoms with van der Waals surface area (Å²) in [7, 11) is -2.25. The van der Waals surface area contributed by atoms with Crippen LogP contribution in [0.1, 0.15) is 36.4 Å². The number of hydrogen-bond donors (Lipinski definition) is 2. The molecule has 0 aliphatic heterocycles. The van der Waals surface area contributed by atoms with Crippen LogP contribution in [0.4, 0.5) is 0 Å². The maximum absolute atomic E-state index is 12.9. The molecule has 0 radical (unpaired) electrons. The summed E-state index contributed by atoms with van der Waals surface area (Å²) < 4.78 is 27.7. The number of halogens is 1. The Hall–Kier alpha value is -2.46. The van der Waals surface area contributed by atoms with Crippen molar-refractivity contribution in [1.29, 1.82) is 0 Å². The summed E-state index contributed by atoms with van der Waals surface area (Å²) in [5.41, 5.74) is 0. The molecule has 3 rings (SSSR count). The predicted molar refractivity (Wildman–Crippen MR) is 141 cm³/mol. The molecule has 0 aliphatic rings. The van der Waals surface area contributed by atoms with Gasteiger partial charge in [-0.05, 0) is 48.4 Å². The van der Waals surface area contributed by atoms with E-state index in [1.165, 1.54) is 34.8 Å². The van der Waals surface area contributed by atoms with Crippen molar-refractivity contribution in [3.05, 3.63) is 64.5 Å². The smallest absolute Gasteiger partial charge is 0.262 e. The lowest BCUT2D eigenvalue weighted by atomic mass is 10.0. The van der Waals surface area contributed by atoms with Crippen LogP contribution in [-0.2, 0) is 14.8 Å². The largest absolute Gasteiger partial charge is 0.354 e. The van der Waals surface area contributed by atoms with E-state index in [0.29, 0.717) is 17.7 Å². The number of nitrogens with zero attached hydrogens (tertiary/aromatic N) is 1. The summed E-state index contributed by atoms with van der Waals surface area (Å²) in [6, 6.07) is 15.2. The fourth-order valence-electron chi connectivity index (χ4n) is 3.60. The number of benzene rings is 2. The maximum Gasteiger partial charge on any atom is 0.262 e. The quantitative estimate of drug-likeness (QED) is 0.353. The molecule has 0 bridgehead atoms. The van der Waals surface area contributed by atoms with Gasteiger partial charge < -0.3 is 10.6 Å². The molecular weight excluding hydrogens is 506 g/mol. The minimum Gasteiger partial charge on any atom is -0.354 e. The van der Waals surface area contributed by atoms with Crippen molar-refractivity contribution in [2.24, 2.45) is 5.92 Å². The molecule has 1 atom stereocenters. The molecule has 2 N–H and O–H groups in total. The average molecular weight is 536 g/mol. The van der Waals surface area contributed by atoms with Crippen molar-refractivity contribution in [3.8, 4) is 0 Å². The Morgan fingerprint density at radius 3 is 2.46 bits per heavy atom. The number of nitrogens with one attached hydrogen (secondary N) is 2. The van der Waals surface area contributed by atoms with Gasteiger partial charge >= 0.3 is 0 Å². The number of fused-ring (bicyclic) bond motifs is 1. The van der Waals surface area contributed by atoms with Gasteiger partial charge in [0.15, 0.2) is 0 Å². The molecule has 3 aromatic rings. The van der Waals surface area contributed by atoms with Gasteiger partial charge in [0.1, 0.15) is 10.9 Å². The van der Waals surface area contributed by atoms with Crippen LogP contribution >= 0.6 is 22.9 Å². The molecule has 2 aromatic carbocycles. The Bertz CT molecular complexity index is 1260. The second kappa shape index (κ2) is 12.0. The zero-order valence-corrected chi connectivity index (χ0v) is 22.3. The standard InChI is InChI=1S/C25H30ClN3O4S2/c1-17(2)15-20(28-25(31)22-16-18-9-4-6-11-21(18)34-22)24(30)27-13-8-14-29(3)35(32,33)23-12-7-5-10-19(23)26/h4-7,9-12,16-17,20H,8,13-15H2,1-3H3,(H,27,30)(H,28,31)/t20-/m0/s1. The normalized spacial score (nSPS) is 12.7. The fraction of sp³-hybridized carbons (Fsp3) is 0.360. The van der Waals surface area contributed by atoms with Gasteiger partial charge in [0.25, 0.3) is 5.91 Å². The number of sulfonamides is 1. The van der Waals surface area contributed by atoms with Crippen LogP contribution in [0.3, 0.4) is 0 Å². The third-order valence-corrected chi connectivity index (χ3v) is 8.92. The van der Waals surface area contributed by atoms with Gasteiger partial charge in [-0.1, -0.05) is 55.8 Å². The molecule has 0 saturated carbocycles. The molecule has 7 nitrogen and oxygen atoms in total. The minimum absolute atomic E-state index is 0.0501. The maximum atomic E-state index is 12.9. The summed E-state index contributed by atoms with van der Waals surface area (Å²) in [4.78, 5) is 26.3. The van der Waals surface area contributed by atoms with Crippen molar-refractivity contribution >= 4 is 54.9 Å². The summed E-state index contributed by atoms with van der Waals surface area (Å²) in [6.45, 7) is 4.45. The van der Waals surface area contributed by atoms with E-state index in [0.717, 1.165) is 10.1 Å². The Morgan fingerprint density at radius 2 is 1.77 bits per heavy atom. The Morgan fingerprint density at radius 1 is 1.09 bits per heavy atom.